The molecule has 0 unspecified atom stereocenters. The highest BCUT2D eigenvalue weighted by atomic mass is 19.1. The lowest BCUT2D eigenvalue weighted by molar-refractivity contribution is 0.0924. The number of benzene rings is 3. The zero-order valence-electron chi connectivity index (χ0n) is 22.0. The molecule has 210 valence electrons. The maximum atomic E-state index is 13.8. The first-order valence-electron chi connectivity index (χ1n) is 12.6. The summed E-state index contributed by atoms with van der Waals surface area (Å²) in [5.74, 6) is -4.19. The molecule has 42 heavy (non-hydrogen) atoms. The van der Waals surface area contributed by atoms with Crippen molar-refractivity contribution in [2.24, 2.45) is 0 Å². The standard InChI is InChI=1S/C30H21F3N6O3/c1-16-6-18(3-5-23(16)33)13-35-28(40)24-11-25(37-15-36-24)29(41)38-26-14-39(27-7-17(12-34)2-4-22(26)27)30(42)19-8-20(31)10-21(32)9-19/h2-11,15,26H,13-14H2,1H3,(H,35,40)(H,38,41)/t26-/m1/s1. The molecule has 1 atom stereocenters. The molecule has 0 saturated heterocycles. The second kappa shape index (κ2) is 11.5. The lowest BCUT2D eigenvalue weighted by Crippen LogP contribution is -2.36. The van der Waals surface area contributed by atoms with Crippen LogP contribution in [-0.2, 0) is 6.54 Å². The van der Waals surface area contributed by atoms with Gasteiger partial charge in [-0.2, -0.15) is 5.26 Å². The molecule has 0 fully saturated rings. The Morgan fingerprint density at radius 1 is 0.952 bits per heavy atom. The second-order valence-corrected chi connectivity index (χ2v) is 9.54. The van der Waals surface area contributed by atoms with Crippen molar-refractivity contribution < 1.29 is 27.6 Å². The van der Waals surface area contributed by atoms with Gasteiger partial charge < -0.3 is 15.5 Å². The van der Waals surface area contributed by atoms with Crippen LogP contribution in [0, 0.1) is 35.7 Å². The normalized spacial score (nSPS) is 13.7. The molecule has 1 aliphatic rings. The van der Waals surface area contributed by atoms with E-state index in [4.69, 9.17) is 0 Å². The second-order valence-electron chi connectivity index (χ2n) is 9.54. The van der Waals surface area contributed by atoms with Gasteiger partial charge in [-0.05, 0) is 48.4 Å². The van der Waals surface area contributed by atoms with E-state index in [1.807, 2.05) is 6.07 Å². The lowest BCUT2D eigenvalue weighted by Gasteiger charge is -2.18. The number of fused-ring (bicyclic) bond motifs is 1. The first-order chi connectivity index (χ1) is 20.1. The van der Waals surface area contributed by atoms with E-state index in [1.54, 1.807) is 25.1 Å². The number of anilines is 1. The molecule has 9 nitrogen and oxygen atoms in total. The summed E-state index contributed by atoms with van der Waals surface area (Å²) in [6, 6.07) is 13.8. The van der Waals surface area contributed by atoms with Gasteiger partial charge in [0.1, 0.15) is 35.2 Å². The van der Waals surface area contributed by atoms with E-state index >= 15 is 0 Å². The highest BCUT2D eigenvalue weighted by molar-refractivity contribution is 6.08. The summed E-state index contributed by atoms with van der Waals surface area (Å²) in [5, 5.41) is 14.8. The van der Waals surface area contributed by atoms with Crippen LogP contribution in [0.25, 0.3) is 0 Å². The van der Waals surface area contributed by atoms with Gasteiger partial charge in [-0.3, -0.25) is 14.4 Å². The van der Waals surface area contributed by atoms with Crippen LogP contribution in [0.3, 0.4) is 0 Å². The number of nitriles is 1. The average molecular weight is 571 g/mol. The van der Waals surface area contributed by atoms with Crippen molar-refractivity contribution >= 4 is 23.4 Å². The lowest BCUT2D eigenvalue weighted by atomic mass is 10.1. The third-order valence-corrected chi connectivity index (χ3v) is 6.66. The van der Waals surface area contributed by atoms with Gasteiger partial charge in [-0.25, -0.2) is 23.1 Å². The Labute approximate surface area is 237 Å². The Balaban J connectivity index is 1.33. The van der Waals surface area contributed by atoms with Gasteiger partial charge in [0.15, 0.2) is 0 Å². The summed E-state index contributed by atoms with van der Waals surface area (Å²) in [5.41, 5.74) is 1.70. The van der Waals surface area contributed by atoms with Crippen LogP contribution < -0.4 is 15.5 Å². The minimum absolute atomic E-state index is 0.0793. The third-order valence-electron chi connectivity index (χ3n) is 6.66. The molecule has 1 aliphatic heterocycles. The number of aryl methyl sites for hydroxylation is 1. The van der Waals surface area contributed by atoms with E-state index in [9.17, 15) is 32.8 Å². The molecule has 0 bridgehead atoms. The number of hydrogen-bond donors (Lipinski definition) is 2. The zero-order chi connectivity index (χ0) is 30.0. The van der Waals surface area contributed by atoms with Crippen LogP contribution >= 0.6 is 0 Å². The summed E-state index contributed by atoms with van der Waals surface area (Å²) in [4.78, 5) is 48.2. The van der Waals surface area contributed by atoms with Crippen LogP contribution in [0.5, 0.6) is 0 Å². The first-order valence-corrected chi connectivity index (χ1v) is 12.6. The molecule has 5 rings (SSSR count). The number of aromatic nitrogens is 2. The molecule has 4 aromatic rings. The molecular weight excluding hydrogens is 549 g/mol. The van der Waals surface area contributed by atoms with E-state index in [1.165, 1.54) is 29.2 Å². The number of rotatable bonds is 6. The molecule has 1 aromatic heterocycles. The van der Waals surface area contributed by atoms with Crippen molar-refractivity contribution in [2.75, 3.05) is 11.4 Å². The van der Waals surface area contributed by atoms with E-state index in [2.05, 4.69) is 20.6 Å². The minimum atomic E-state index is -0.926. The van der Waals surface area contributed by atoms with Gasteiger partial charge in [0.05, 0.1) is 29.9 Å². The number of hydrogen-bond acceptors (Lipinski definition) is 6. The largest absolute Gasteiger partial charge is 0.347 e. The molecule has 0 aliphatic carbocycles. The Morgan fingerprint density at radius 2 is 1.67 bits per heavy atom. The molecule has 3 aromatic carbocycles. The molecule has 0 saturated carbocycles. The van der Waals surface area contributed by atoms with Crippen LogP contribution in [0.15, 0.2) is 67.0 Å². The van der Waals surface area contributed by atoms with Crippen molar-refractivity contribution in [2.45, 2.75) is 19.5 Å². The number of amides is 3. The maximum absolute atomic E-state index is 13.8. The first kappa shape index (κ1) is 28.0. The molecular formula is C30H21F3N6O3. The van der Waals surface area contributed by atoms with Gasteiger partial charge in [0, 0.05) is 29.8 Å². The van der Waals surface area contributed by atoms with Crippen molar-refractivity contribution in [1.82, 2.24) is 20.6 Å². The summed E-state index contributed by atoms with van der Waals surface area (Å²) >= 11 is 0. The van der Waals surface area contributed by atoms with Crippen molar-refractivity contribution in [3.8, 4) is 6.07 Å². The van der Waals surface area contributed by atoms with Gasteiger partial charge in [-0.15, -0.1) is 0 Å². The third kappa shape index (κ3) is 5.80. The molecule has 12 heteroatoms. The summed E-state index contributed by atoms with van der Waals surface area (Å²) < 4.78 is 41.1. The summed E-state index contributed by atoms with van der Waals surface area (Å²) in [6.07, 6.45) is 1.06. The molecule has 2 N–H and O–H groups in total. The smallest absolute Gasteiger partial charge is 0.270 e. The molecule has 3 amide bonds. The van der Waals surface area contributed by atoms with Crippen molar-refractivity contribution in [3.05, 3.63) is 124 Å². The van der Waals surface area contributed by atoms with E-state index in [0.717, 1.165) is 18.5 Å². The Hall–Kier alpha value is -5.57. The summed E-state index contributed by atoms with van der Waals surface area (Å²) in [6.45, 7) is 1.62. The van der Waals surface area contributed by atoms with E-state index in [-0.39, 0.29) is 41.4 Å². The number of carbonyl (C=O) groups excluding carboxylic acids is 3. The zero-order valence-corrected chi connectivity index (χ0v) is 22.0. The van der Waals surface area contributed by atoms with Gasteiger partial charge in [0.2, 0.25) is 0 Å². The van der Waals surface area contributed by atoms with Gasteiger partial charge in [-0.1, -0.05) is 18.2 Å². The topological polar surface area (TPSA) is 128 Å². The minimum Gasteiger partial charge on any atom is -0.347 e. The highest BCUT2D eigenvalue weighted by Crippen LogP contribution is 2.37. The monoisotopic (exact) mass is 570 g/mol. The predicted octanol–water partition coefficient (Wildman–Crippen LogP) is 4.14. The number of nitrogens with one attached hydrogen (secondary N) is 2. The molecule has 2 heterocycles. The number of nitrogens with zero attached hydrogens (tertiary/aromatic N) is 4. The quantitative estimate of drug-likeness (QED) is 0.359. The van der Waals surface area contributed by atoms with Gasteiger partial charge in [0.25, 0.3) is 17.7 Å². The fourth-order valence-corrected chi connectivity index (χ4v) is 4.60. The van der Waals surface area contributed by atoms with E-state index in [0.29, 0.717) is 28.4 Å². The molecule has 0 spiro atoms. The van der Waals surface area contributed by atoms with Crippen molar-refractivity contribution in [1.29, 1.82) is 5.26 Å². The fraction of sp³-hybridized carbons (Fsp3) is 0.133. The average Bonchev–Trinajstić information content (AvgIpc) is 3.33. The van der Waals surface area contributed by atoms with E-state index < -0.39 is 35.4 Å². The van der Waals surface area contributed by atoms with Crippen molar-refractivity contribution in [3.63, 3.8) is 0 Å². The molecule has 0 radical (unpaired) electrons. The summed E-state index contributed by atoms with van der Waals surface area (Å²) in [7, 11) is 0. The van der Waals surface area contributed by atoms with Crippen LogP contribution in [0.1, 0.15) is 59.6 Å². The number of halogens is 3. The Bertz CT molecular complexity index is 1770. The Kier molecular flexibility index (Phi) is 7.66. The van der Waals surface area contributed by atoms with Crippen LogP contribution in [0.4, 0.5) is 18.9 Å². The van der Waals surface area contributed by atoms with Crippen LogP contribution in [-0.4, -0.2) is 34.2 Å². The maximum Gasteiger partial charge on any atom is 0.270 e. The SMILES string of the molecule is Cc1cc(CNC(=O)c2cc(C(=O)N[C@@H]3CN(C(=O)c4cc(F)cc(F)c4)c4cc(C#N)ccc43)ncn2)ccc1F. The van der Waals surface area contributed by atoms with Crippen LogP contribution in [0.2, 0.25) is 0 Å². The fourth-order valence-electron chi connectivity index (χ4n) is 4.60. The number of carbonyl (C=O) groups is 3. The predicted molar refractivity (Wildman–Crippen MR) is 144 cm³/mol. The highest BCUT2D eigenvalue weighted by Gasteiger charge is 2.35. The van der Waals surface area contributed by atoms with Gasteiger partial charge >= 0.3 is 0 Å². The Morgan fingerprint density at radius 3 is 2.36 bits per heavy atom.